The first-order valence-corrected chi connectivity index (χ1v) is 16.7. The fourth-order valence-corrected chi connectivity index (χ4v) is 6.38. The van der Waals surface area contributed by atoms with Gasteiger partial charge < -0.3 is 15.0 Å². The largest absolute Gasteiger partial charge is 0.494 e. The van der Waals surface area contributed by atoms with Crippen LogP contribution in [-0.4, -0.2) is 50.9 Å². The lowest BCUT2D eigenvalue weighted by atomic mass is 10.0. The van der Waals surface area contributed by atoms with E-state index in [0.717, 1.165) is 28.3 Å². The Labute approximate surface area is 266 Å². The summed E-state index contributed by atoms with van der Waals surface area (Å²) in [7, 11) is -4.18. The standard InChI is InChI=1S/C36H41N3O5S/c1-3-5-25-37-36(41)34(26-29-15-9-6-10-16-29)38(27-30-17-11-7-12-18-30)35(40)28-39(31-19-13-8-14-20-31)45(42,43)33-23-21-32(22-24-33)44-4-2/h6-24,34H,3-5,25-28H2,1-2H3,(H,37,41)/t34-/m1/s1. The number of ether oxygens (including phenoxy) is 1. The van der Waals surface area contributed by atoms with Gasteiger partial charge in [-0.3, -0.25) is 13.9 Å². The number of carbonyl (C=O) groups excluding carboxylic acids is 2. The molecule has 45 heavy (non-hydrogen) atoms. The highest BCUT2D eigenvalue weighted by Crippen LogP contribution is 2.26. The summed E-state index contributed by atoms with van der Waals surface area (Å²) >= 11 is 0. The molecular weight excluding hydrogens is 586 g/mol. The Hall–Kier alpha value is -4.63. The van der Waals surface area contributed by atoms with Crippen molar-refractivity contribution in [1.29, 1.82) is 0 Å². The zero-order chi connectivity index (χ0) is 32.1. The maximum Gasteiger partial charge on any atom is 0.264 e. The number of hydrogen-bond donors (Lipinski definition) is 1. The molecule has 0 heterocycles. The average Bonchev–Trinajstić information content (AvgIpc) is 3.07. The second-order valence-corrected chi connectivity index (χ2v) is 12.5. The average molecular weight is 628 g/mol. The smallest absolute Gasteiger partial charge is 0.264 e. The molecule has 1 atom stereocenters. The van der Waals surface area contributed by atoms with Crippen LogP contribution in [0.2, 0.25) is 0 Å². The molecule has 0 saturated carbocycles. The van der Waals surface area contributed by atoms with Crippen molar-refractivity contribution in [2.24, 2.45) is 0 Å². The summed E-state index contributed by atoms with van der Waals surface area (Å²) in [6, 6.07) is 32.7. The minimum absolute atomic E-state index is 0.0235. The quantitative estimate of drug-likeness (QED) is 0.158. The van der Waals surface area contributed by atoms with E-state index >= 15 is 0 Å². The lowest BCUT2D eigenvalue weighted by molar-refractivity contribution is -0.140. The third-order valence-corrected chi connectivity index (χ3v) is 9.13. The van der Waals surface area contributed by atoms with Crippen molar-refractivity contribution in [3.8, 4) is 5.75 Å². The normalized spacial score (nSPS) is 11.8. The number of amides is 2. The van der Waals surface area contributed by atoms with Crippen LogP contribution in [-0.2, 0) is 32.6 Å². The van der Waals surface area contributed by atoms with Gasteiger partial charge in [-0.2, -0.15) is 0 Å². The van der Waals surface area contributed by atoms with E-state index in [2.05, 4.69) is 5.32 Å². The van der Waals surface area contributed by atoms with Crippen LogP contribution in [0.5, 0.6) is 5.75 Å². The maximum atomic E-state index is 14.4. The van der Waals surface area contributed by atoms with E-state index in [0.29, 0.717) is 24.6 Å². The van der Waals surface area contributed by atoms with Gasteiger partial charge in [0.25, 0.3) is 10.0 Å². The highest BCUT2D eigenvalue weighted by molar-refractivity contribution is 7.92. The van der Waals surface area contributed by atoms with Gasteiger partial charge in [0, 0.05) is 19.5 Å². The second-order valence-electron chi connectivity index (χ2n) is 10.6. The summed E-state index contributed by atoms with van der Waals surface area (Å²) in [6.07, 6.45) is 1.98. The lowest BCUT2D eigenvalue weighted by Crippen LogP contribution is -2.53. The number of anilines is 1. The van der Waals surface area contributed by atoms with Crippen molar-refractivity contribution in [2.75, 3.05) is 24.0 Å². The van der Waals surface area contributed by atoms with Crippen LogP contribution < -0.4 is 14.4 Å². The van der Waals surface area contributed by atoms with Crippen LogP contribution in [0.25, 0.3) is 0 Å². The van der Waals surface area contributed by atoms with Crippen molar-refractivity contribution in [1.82, 2.24) is 10.2 Å². The Morgan fingerprint density at radius 3 is 1.93 bits per heavy atom. The predicted octanol–water partition coefficient (Wildman–Crippen LogP) is 5.84. The first kappa shape index (κ1) is 33.3. The molecule has 236 valence electrons. The van der Waals surface area contributed by atoms with Crippen LogP contribution >= 0.6 is 0 Å². The number of para-hydroxylation sites is 1. The summed E-state index contributed by atoms with van der Waals surface area (Å²) in [5.74, 6) is -0.230. The minimum atomic E-state index is -4.18. The molecule has 0 aromatic heterocycles. The first-order valence-electron chi connectivity index (χ1n) is 15.3. The number of hydrogen-bond acceptors (Lipinski definition) is 5. The van der Waals surface area contributed by atoms with Crippen LogP contribution in [0.1, 0.15) is 37.8 Å². The molecule has 0 unspecified atom stereocenters. The monoisotopic (exact) mass is 627 g/mol. The highest BCUT2D eigenvalue weighted by atomic mass is 32.2. The van der Waals surface area contributed by atoms with Gasteiger partial charge in [-0.25, -0.2) is 8.42 Å². The second kappa shape index (κ2) is 16.4. The third-order valence-electron chi connectivity index (χ3n) is 7.34. The summed E-state index contributed by atoms with van der Waals surface area (Å²) < 4.78 is 34.9. The number of sulfonamides is 1. The van der Waals surface area contributed by atoms with E-state index in [1.165, 1.54) is 17.0 Å². The van der Waals surface area contributed by atoms with Gasteiger partial charge in [0.15, 0.2) is 0 Å². The molecule has 0 aliphatic carbocycles. The molecule has 0 saturated heterocycles. The molecule has 9 heteroatoms. The molecule has 4 aromatic carbocycles. The Kier molecular flexibility index (Phi) is 12.2. The molecule has 4 aromatic rings. The molecule has 0 fully saturated rings. The first-order chi connectivity index (χ1) is 21.8. The molecule has 2 amide bonds. The number of carbonyl (C=O) groups is 2. The van der Waals surface area contributed by atoms with Gasteiger partial charge in [-0.05, 0) is 60.9 Å². The molecule has 0 aliphatic heterocycles. The van der Waals surface area contributed by atoms with E-state index in [9.17, 15) is 18.0 Å². The summed E-state index contributed by atoms with van der Waals surface area (Å²) in [4.78, 5) is 29.7. The summed E-state index contributed by atoms with van der Waals surface area (Å²) in [6.45, 7) is 4.45. The number of nitrogens with zero attached hydrogens (tertiary/aromatic N) is 2. The molecule has 0 bridgehead atoms. The zero-order valence-electron chi connectivity index (χ0n) is 25.8. The summed E-state index contributed by atoms with van der Waals surface area (Å²) in [5, 5.41) is 3.01. The van der Waals surface area contributed by atoms with Gasteiger partial charge in [0.1, 0.15) is 18.3 Å². The molecule has 0 radical (unpaired) electrons. The molecule has 1 N–H and O–H groups in total. The predicted molar refractivity (Wildman–Crippen MR) is 177 cm³/mol. The summed E-state index contributed by atoms with van der Waals surface area (Å²) in [5.41, 5.74) is 2.05. The van der Waals surface area contributed by atoms with Crippen molar-refractivity contribution in [2.45, 2.75) is 50.6 Å². The molecule has 0 spiro atoms. The topological polar surface area (TPSA) is 96.0 Å². The Bertz CT molecular complexity index is 1600. The molecule has 0 aliphatic rings. The van der Waals surface area contributed by atoms with Crippen molar-refractivity contribution in [3.05, 3.63) is 126 Å². The maximum absolute atomic E-state index is 14.4. The number of unbranched alkanes of at least 4 members (excludes halogenated alkanes) is 1. The minimum Gasteiger partial charge on any atom is -0.494 e. The SMILES string of the molecule is CCCCNC(=O)[C@@H](Cc1ccccc1)N(Cc1ccccc1)C(=O)CN(c1ccccc1)S(=O)(=O)c1ccc(OCC)cc1. The van der Waals surface area contributed by atoms with E-state index in [1.54, 1.807) is 42.5 Å². The van der Waals surface area contributed by atoms with Crippen LogP contribution in [0.15, 0.2) is 120 Å². The van der Waals surface area contributed by atoms with E-state index in [4.69, 9.17) is 4.74 Å². The zero-order valence-corrected chi connectivity index (χ0v) is 26.7. The van der Waals surface area contributed by atoms with Gasteiger partial charge in [0.05, 0.1) is 17.2 Å². The van der Waals surface area contributed by atoms with E-state index < -0.39 is 28.5 Å². The highest BCUT2D eigenvalue weighted by Gasteiger charge is 2.34. The Balaban J connectivity index is 1.74. The lowest BCUT2D eigenvalue weighted by Gasteiger charge is -2.34. The van der Waals surface area contributed by atoms with Gasteiger partial charge >= 0.3 is 0 Å². The van der Waals surface area contributed by atoms with Gasteiger partial charge in [0.2, 0.25) is 11.8 Å². The number of nitrogens with one attached hydrogen (secondary N) is 1. The molecule has 4 rings (SSSR count). The molecule has 8 nitrogen and oxygen atoms in total. The van der Waals surface area contributed by atoms with Crippen molar-refractivity contribution < 1.29 is 22.7 Å². The van der Waals surface area contributed by atoms with Crippen LogP contribution in [0.3, 0.4) is 0 Å². The van der Waals surface area contributed by atoms with Crippen LogP contribution in [0, 0.1) is 0 Å². The number of rotatable bonds is 16. The van der Waals surface area contributed by atoms with Gasteiger partial charge in [-0.15, -0.1) is 0 Å². The fraction of sp³-hybridized carbons (Fsp3) is 0.278. The fourth-order valence-electron chi connectivity index (χ4n) is 4.96. The molecular formula is C36H41N3O5S. The number of benzene rings is 4. The van der Waals surface area contributed by atoms with E-state index in [-0.39, 0.29) is 23.8 Å². The van der Waals surface area contributed by atoms with Crippen molar-refractivity contribution >= 4 is 27.5 Å². The van der Waals surface area contributed by atoms with Gasteiger partial charge in [-0.1, -0.05) is 92.2 Å². The Morgan fingerprint density at radius 2 is 1.36 bits per heavy atom. The Morgan fingerprint density at radius 1 is 0.778 bits per heavy atom. The van der Waals surface area contributed by atoms with E-state index in [1.807, 2.05) is 74.5 Å². The van der Waals surface area contributed by atoms with Crippen LogP contribution in [0.4, 0.5) is 5.69 Å². The van der Waals surface area contributed by atoms with Crippen molar-refractivity contribution in [3.63, 3.8) is 0 Å². The third kappa shape index (κ3) is 9.18.